The Balaban J connectivity index is 0. The van der Waals surface area contributed by atoms with E-state index in [9.17, 15) is 0 Å². The van der Waals surface area contributed by atoms with Crippen molar-refractivity contribution in [3.05, 3.63) is 30.3 Å². The largest absolute Gasteiger partial charge is 0.385 e. The smallest absolute Gasteiger partial charge is 0.0474 e. The van der Waals surface area contributed by atoms with Gasteiger partial charge in [0.15, 0.2) is 0 Å². The summed E-state index contributed by atoms with van der Waals surface area (Å²) in [5, 5.41) is 0. The van der Waals surface area contributed by atoms with Crippen molar-refractivity contribution < 1.29 is 4.74 Å². The van der Waals surface area contributed by atoms with E-state index in [-0.39, 0.29) is 0 Å². The molecule has 0 spiro atoms. The standard InChI is InChI=1S/C14H22N2O.3C2H6/c1-17-13-5-8-15-9-11-16(12-10-15)14-6-3-2-4-7-14;3*1-2/h2-4,6-7H,5,8-13H2,1H3;3*1-2H3. The Bertz CT molecular complexity index is 309. The second kappa shape index (κ2) is 19.0. The maximum Gasteiger partial charge on any atom is 0.0474 e. The molecule has 0 radical (unpaired) electrons. The summed E-state index contributed by atoms with van der Waals surface area (Å²) < 4.78 is 5.09. The van der Waals surface area contributed by atoms with Crippen molar-refractivity contribution in [3.63, 3.8) is 0 Å². The normalized spacial score (nSPS) is 13.6. The molecule has 1 aromatic rings. The molecule has 1 saturated heterocycles. The van der Waals surface area contributed by atoms with Gasteiger partial charge in [0.05, 0.1) is 0 Å². The van der Waals surface area contributed by atoms with Crippen molar-refractivity contribution in [2.24, 2.45) is 0 Å². The molecule has 23 heavy (non-hydrogen) atoms. The first kappa shape index (κ1) is 24.2. The van der Waals surface area contributed by atoms with E-state index in [1.165, 1.54) is 18.8 Å². The fraction of sp³-hybridized carbons (Fsp3) is 0.700. The van der Waals surface area contributed by atoms with Crippen molar-refractivity contribution in [1.82, 2.24) is 4.90 Å². The zero-order valence-electron chi connectivity index (χ0n) is 16.6. The summed E-state index contributed by atoms with van der Waals surface area (Å²) >= 11 is 0. The topological polar surface area (TPSA) is 15.7 Å². The van der Waals surface area contributed by atoms with Gasteiger partial charge in [-0.05, 0) is 18.6 Å². The number of benzene rings is 1. The van der Waals surface area contributed by atoms with Gasteiger partial charge in [-0.15, -0.1) is 0 Å². The number of para-hydroxylation sites is 1. The number of hydrogen-bond donors (Lipinski definition) is 0. The molecule has 3 heteroatoms. The van der Waals surface area contributed by atoms with Gasteiger partial charge in [-0.25, -0.2) is 0 Å². The third-order valence-electron chi connectivity index (χ3n) is 3.32. The van der Waals surface area contributed by atoms with Gasteiger partial charge in [0, 0.05) is 52.1 Å². The van der Waals surface area contributed by atoms with Crippen LogP contribution in [0.2, 0.25) is 0 Å². The Hall–Kier alpha value is -1.06. The number of piperazine rings is 1. The molecule has 0 saturated carbocycles. The maximum atomic E-state index is 5.09. The molecule has 0 aromatic heterocycles. The van der Waals surface area contributed by atoms with Crippen LogP contribution in [0.3, 0.4) is 0 Å². The SMILES string of the molecule is CC.CC.CC.COCCCN1CCN(c2ccccc2)CC1. The minimum atomic E-state index is 0.874. The molecule has 0 atom stereocenters. The van der Waals surface area contributed by atoms with Gasteiger partial charge in [-0.1, -0.05) is 59.7 Å². The Morgan fingerprint density at radius 2 is 1.35 bits per heavy atom. The van der Waals surface area contributed by atoms with E-state index < -0.39 is 0 Å². The molecule has 1 aromatic carbocycles. The van der Waals surface area contributed by atoms with E-state index in [1.54, 1.807) is 7.11 Å². The Labute approximate surface area is 145 Å². The second-order valence-electron chi connectivity index (χ2n) is 4.51. The number of hydrogen-bond acceptors (Lipinski definition) is 3. The maximum absolute atomic E-state index is 5.09. The van der Waals surface area contributed by atoms with Crippen molar-refractivity contribution in [1.29, 1.82) is 0 Å². The van der Waals surface area contributed by atoms with Gasteiger partial charge < -0.3 is 9.64 Å². The Kier molecular flexibility index (Phi) is 20.0. The average Bonchev–Trinajstić information content (AvgIpc) is 2.68. The minimum absolute atomic E-state index is 0.874. The van der Waals surface area contributed by atoms with Crippen LogP contribution in [0.15, 0.2) is 30.3 Å². The predicted octanol–water partition coefficient (Wildman–Crippen LogP) is 4.92. The van der Waals surface area contributed by atoms with Crippen LogP contribution in [0.5, 0.6) is 0 Å². The van der Waals surface area contributed by atoms with Gasteiger partial charge in [-0.3, -0.25) is 4.90 Å². The first-order valence-electron chi connectivity index (χ1n) is 9.41. The van der Waals surface area contributed by atoms with Crippen LogP contribution in [0.25, 0.3) is 0 Å². The molecule has 1 heterocycles. The molecular weight excluding hydrogens is 284 g/mol. The number of ether oxygens (including phenoxy) is 1. The summed E-state index contributed by atoms with van der Waals surface area (Å²) in [6, 6.07) is 10.7. The molecule has 1 aliphatic heterocycles. The van der Waals surface area contributed by atoms with Crippen molar-refractivity contribution in [3.8, 4) is 0 Å². The number of methoxy groups -OCH3 is 1. The van der Waals surface area contributed by atoms with Crippen molar-refractivity contribution in [2.45, 2.75) is 48.0 Å². The van der Waals surface area contributed by atoms with Crippen LogP contribution in [0.4, 0.5) is 5.69 Å². The first-order chi connectivity index (χ1) is 11.4. The number of nitrogens with zero attached hydrogens (tertiary/aromatic N) is 2. The molecule has 0 N–H and O–H groups in total. The summed E-state index contributed by atoms with van der Waals surface area (Å²) in [6.45, 7) is 18.6. The lowest BCUT2D eigenvalue weighted by Crippen LogP contribution is -2.46. The highest BCUT2D eigenvalue weighted by Crippen LogP contribution is 2.15. The third kappa shape index (κ3) is 11.2. The van der Waals surface area contributed by atoms with Crippen LogP contribution in [0, 0.1) is 0 Å². The molecule has 0 amide bonds. The van der Waals surface area contributed by atoms with Gasteiger partial charge in [0.1, 0.15) is 0 Å². The van der Waals surface area contributed by atoms with E-state index in [1.807, 2.05) is 41.5 Å². The highest BCUT2D eigenvalue weighted by atomic mass is 16.5. The van der Waals surface area contributed by atoms with Crippen LogP contribution in [0.1, 0.15) is 48.0 Å². The lowest BCUT2D eigenvalue weighted by molar-refractivity contribution is 0.169. The fourth-order valence-electron chi connectivity index (χ4n) is 2.30. The van der Waals surface area contributed by atoms with E-state index in [0.717, 1.165) is 32.7 Å². The van der Waals surface area contributed by atoms with Crippen LogP contribution < -0.4 is 4.90 Å². The quantitative estimate of drug-likeness (QED) is 0.715. The van der Waals surface area contributed by atoms with E-state index >= 15 is 0 Å². The third-order valence-corrected chi connectivity index (χ3v) is 3.32. The lowest BCUT2D eigenvalue weighted by atomic mass is 10.2. The highest BCUT2D eigenvalue weighted by molar-refractivity contribution is 5.46. The number of anilines is 1. The molecule has 0 unspecified atom stereocenters. The molecule has 2 rings (SSSR count). The van der Waals surface area contributed by atoms with Gasteiger partial charge in [-0.2, -0.15) is 0 Å². The monoisotopic (exact) mass is 324 g/mol. The van der Waals surface area contributed by atoms with Crippen LogP contribution >= 0.6 is 0 Å². The zero-order chi connectivity index (χ0) is 17.9. The summed E-state index contributed by atoms with van der Waals surface area (Å²) in [5.74, 6) is 0. The predicted molar refractivity (Wildman–Crippen MR) is 106 cm³/mol. The van der Waals surface area contributed by atoms with Crippen molar-refractivity contribution >= 4 is 5.69 Å². The molecule has 0 bridgehead atoms. The van der Waals surface area contributed by atoms with Crippen molar-refractivity contribution in [2.75, 3.05) is 51.3 Å². The Morgan fingerprint density at radius 1 is 0.826 bits per heavy atom. The molecule has 136 valence electrons. The minimum Gasteiger partial charge on any atom is -0.385 e. The first-order valence-corrected chi connectivity index (χ1v) is 9.41. The molecule has 1 aliphatic rings. The van der Waals surface area contributed by atoms with E-state index in [2.05, 4.69) is 40.1 Å². The average molecular weight is 325 g/mol. The molecule has 1 fully saturated rings. The van der Waals surface area contributed by atoms with E-state index in [0.29, 0.717) is 0 Å². The fourth-order valence-corrected chi connectivity index (χ4v) is 2.30. The summed E-state index contributed by atoms with van der Waals surface area (Å²) in [4.78, 5) is 4.99. The van der Waals surface area contributed by atoms with Gasteiger partial charge >= 0.3 is 0 Å². The zero-order valence-corrected chi connectivity index (χ0v) is 16.6. The lowest BCUT2D eigenvalue weighted by Gasteiger charge is -2.36. The molecule has 0 aliphatic carbocycles. The number of rotatable bonds is 5. The highest BCUT2D eigenvalue weighted by Gasteiger charge is 2.16. The molecular formula is C20H40N2O. The van der Waals surface area contributed by atoms with Gasteiger partial charge in [0.2, 0.25) is 0 Å². The molecule has 3 nitrogen and oxygen atoms in total. The van der Waals surface area contributed by atoms with Crippen LogP contribution in [-0.4, -0.2) is 51.3 Å². The summed E-state index contributed by atoms with van der Waals surface area (Å²) in [7, 11) is 1.77. The second-order valence-corrected chi connectivity index (χ2v) is 4.51. The Morgan fingerprint density at radius 3 is 1.83 bits per heavy atom. The summed E-state index contributed by atoms with van der Waals surface area (Å²) in [6.07, 6.45) is 1.14. The summed E-state index contributed by atoms with van der Waals surface area (Å²) in [5.41, 5.74) is 1.35. The van der Waals surface area contributed by atoms with Crippen LogP contribution in [-0.2, 0) is 4.74 Å². The van der Waals surface area contributed by atoms with E-state index in [4.69, 9.17) is 4.74 Å². The van der Waals surface area contributed by atoms with Gasteiger partial charge in [0.25, 0.3) is 0 Å².